The van der Waals surface area contributed by atoms with Gasteiger partial charge >= 0.3 is 5.63 Å². The van der Waals surface area contributed by atoms with Crippen LogP contribution in [0.25, 0.3) is 27.6 Å². The van der Waals surface area contributed by atoms with Gasteiger partial charge in [-0.25, -0.2) is 4.79 Å². The quantitative estimate of drug-likeness (QED) is 0.478. The molecule has 2 heterocycles. The first-order valence-corrected chi connectivity index (χ1v) is 7.33. The Labute approximate surface area is 131 Å². The summed E-state index contributed by atoms with van der Waals surface area (Å²) in [7, 11) is 0. The van der Waals surface area contributed by atoms with Crippen LogP contribution in [0.1, 0.15) is 5.69 Å². The lowest BCUT2D eigenvalue weighted by Crippen LogP contribution is -1.98. The van der Waals surface area contributed by atoms with Gasteiger partial charge in [-0.2, -0.15) is 0 Å². The summed E-state index contributed by atoms with van der Waals surface area (Å²) < 4.78 is 7.55. The Hall–Kier alpha value is -2.52. The maximum absolute atomic E-state index is 11.7. The smallest absolute Gasteiger partial charge is 0.355 e. The maximum atomic E-state index is 11.7. The molecule has 0 fully saturated rings. The first-order valence-electron chi connectivity index (χ1n) is 6.95. The molecule has 108 valence electrons. The highest BCUT2D eigenvalue weighted by Gasteiger charge is 2.13. The number of hydrogen-bond acceptors (Lipinski definition) is 2. The Morgan fingerprint density at radius 3 is 2.59 bits per heavy atom. The monoisotopic (exact) mass is 309 g/mol. The fourth-order valence-corrected chi connectivity index (χ4v) is 3.04. The van der Waals surface area contributed by atoms with Crippen LogP contribution in [0, 0.1) is 6.92 Å². The Balaban J connectivity index is 2.14. The zero-order valence-electron chi connectivity index (χ0n) is 11.8. The van der Waals surface area contributed by atoms with Gasteiger partial charge in [-0.1, -0.05) is 29.8 Å². The molecular formula is C18H12ClNO2. The van der Waals surface area contributed by atoms with Crippen molar-refractivity contribution in [3.05, 3.63) is 75.7 Å². The lowest BCUT2D eigenvalue weighted by atomic mass is 10.1. The molecule has 0 N–H and O–H groups in total. The Kier molecular flexibility index (Phi) is 2.84. The van der Waals surface area contributed by atoms with Crippen LogP contribution >= 0.6 is 11.6 Å². The SMILES string of the molecule is Cc1cc2c3oc(=O)c(Cl)cc3ccc2n1-c1ccccc1. The number of nitrogens with zero attached hydrogens (tertiary/aromatic N) is 1. The average molecular weight is 310 g/mol. The number of aromatic nitrogens is 1. The van der Waals surface area contributed by atoms with Crippen molar-refractivity contribution in [3.8, 4) is 5.69 Å². The summed E-state index contributed by atoms with van der Waals surface area (Å²) in [4.78, 5) is 11.7. The standard InChI is InChI=1S/C18H12ClNO2/c1-11-9-14-16(20(11)13-5-3-2-4-6-13)8-7-12-10-15(19)18(21)22-17(12)14/h2-10H,1H3. The Bertz CT molecular complexity index is 1060. The molecule has 0 atom stereocenters. The number of hydrogen-bond donors (Lipinski definition) is 0. The molecule has 0 amide bonds. The number of para-hydroxylation sites is 1. The Morgan fingerprint density at radius 2 is 1.82 bits per heavy atom. The summed E-state index contributed by atoms with van der Waals surface area (Å²) in [6.45, 7) is 2.03. The third-order valence-electron chi connectivity index (χ3n) is 3.84. The van der Waals surface area contributed by atoms with Gasteiger partial charge in [0.2, 0.25) is 0 Å². The molecule has 0 aliphatic heterocycles. The number of aryl methyl sites for hydroxylation is 1. The maximum Gasteiger partial charge on any atom is 0.355 e. The van der Waals surface area contributed by atoms with Crippen LogP contribution in [0.15, 0.2) is 63.8 Å². The van der Waals surface area contributed by atoms with Crippen molar-refractivity contribution in [3.63, 3.8) is 0 Å². The summed E-state index contributed by atoms with van der Waals surface area (Å²) in [5.74, 6) is 0. The minimum Gasteiger partial charge on any atom is -0.421 e. The van der Waals surface area contributed by atoms with Crippen LogP contribution in [0.2, 0.25) is 5.02 Å². The highest BCUT2D eigenvalue weighted by atomic mass is 35.5. The zero-order chi connectivity index (χ0) is 15.3. The van der Waals surface area contributed by atoms with Crippen molar-refractivity contribution >= 4 is 33.5 Å². The number of fused-ring (bicyclic) bond motifs is 3. The normalized spacial score (nSPS) is 11.4. The van der Waals surface area contributed by atoms with Gasteiger partial charge in [0.15, 0.2) is 0 Å². The topological polar surface area (TPSA) is 35.1 Å². The van der Waals surface area contributed by atoms with Crippen molar-refractivity contribution in [2.45, 2.75) is 6.92 Å². The van der Waals surface area contributed by atoms with Crippen LogP contribution in [0.3, 0.4) is 0 Å². The molecule has 2 aromatic carbocycles. The largest absolute Gasteiger partial charge is 0.421 e. The lowest BCUT2D eigenvalue weighted by Gasteiger charge is -2.08. The second-order valence-electron chi connectivity index (χ2n) is 5.26. The van der Waals surface area contributed by atoms with Crippen molar-refractivity contribution < 1.29 is 4.42 Å². The first-order chi connectivity index (χ1) is 10.6. The molecule has 0 saturated heterocycles. The predicted molar refractivity (Wildman–Crippen MR) is 89.1 cm³/mol. The van der Waals surface area contributed by atoms with Crippen LogP contribution in [0.5, 0.6) is 0 Å². The number of rotatable bonds is 1. The van der Waals surface area contributed by atoms with E-state index in [0.717, 1.165) is 27.7 Å². The van der Waals surface area contributed by atoms with Crippen LogP contribution < -0.4 is 5.63 Å². The summed E-state index contributed by atoms with van der Waals surface area (Å²) in [5, 5.41) is 1.83. The highest BCUT2D eigenvalue weighted by molar-refractivity contribution is 6.31. The van der Waals surface area contributed by atoms with Gasteiger partial charge in [-0.3, -0.25) is 0 Å². The molecular weight excluding hydrogens is 298 g/mol. The second kappa shape index (κ2) is 4.75. The molecule has 2 aromatic heterocycles. The fraction of sp³-hybridized carbons (Fsp3) is 0.0556. The molecule has 0 aliphatic rings. The third-order valence-corrected chi connectivity index (χ3v) is 4.10. The summed E-state index contributed by atoms with van der Waals surface area (Å²) in [6, 6.07) is 17.7. The van der Waals surface area contributed by atoms with E-state index < -0.39 is 5.63 Å². The number of halogens is 1. The van der Waals surface area contributed by atoms with E-state index in [-0.39, 0.29) is 5.02 Å². The van der Waals surface area contributed by atoms with Crippen LogP contribution in [0.4, 0.5) is 0 Å². The van der Waals surface area contributed by atoms with E-state index in [1.807, 2.05) is 43.3 Å². The van der Waals surface area contributed by atoms with E-state index in [1.165, 1.54) is 0 Å². The molecule has 0 saturated carbocycles. The van der Waals surface area contributed by atoms with Gasteiger partial charge in [0.25, 0.3) is 0 Å². The van der Waals surface area contributed by atoms with Gasteiger partial charge in [-0.05, 0) is 43.3 Å². The molecule has 3 nitrogen and oxygen atoms in total. The van der Waals surface area contributed by atoms with E-state index in [1.54, 1.807) is 6.07 Å². The van der Waals surface area contributed by atoms with Crippen LogP contribution in [-0.2, 0) is 0 Å². The number of benzene rings is 2. The molecule has 4 heteroatoms. The summed E-state index contributed by atoms with van der Waals surface area (Å²) in [6.07, 6.45) is 0. The van der Waals surface area contributed by atoms with E-state index in [9.17, 15) is 4.79 Å². The van der Waals surface area contributed by atoms with Gasteiger partial charge < -0.3 is 8.98 Å². The average Bonchev–Trinajstić information content (AvgIpc) is 2.86. The van der Waals surface area contributed by atoms with Crippen molar-refractivity contribution in [1.82, 2.24) is 4.57 Å². The summed E-state index contributed by atoms with van der Waals surface area (Å²) >= 11 is 5.86. The highest BCUT2D eigenvalue weighted by Crippen LogP contribution is 2.30. The molecule has 22 heavy (non-hydrogen) atoms. The zero-order valence-corrected chi connectivity index (χ0v) is 12.6. The van der Waals surface area contributed by atoms with E-state index >= 15 is 0 Å². The molecule has 4 aromatic rings. The minimum atomic E-state index is -0.508. The lowest BCUT2D eigenvalue weighted by molar-refractivity contribution is 0.564. The molecule has 4 rings (SSSR count). The molecule has 0 radical (unpaired) electrons. The molecule has 0 spiro atoms. The Morgan fingerprint density at radius 1 is 1.05 bits per heavy atom. The minimum absolute atomic E-state index is 0.103. The molecule has 0 bridgehead atoms. The molecule has 0 aliphatic carbocycles. The second-order valence-corrected chi connectivity index (χ2v) is 5.66. The van der Waals surface area contributed by atoms with Gasteiger partial charge in [0.1, 0.15) is 10.6 Å². The predicted octanol–water partition coefficient (Wildman–Crippen LogP) is 4.70. The summed E-state index contributed by atoms with van der Waals surface area (Å²) in [5.41, 5.74) is 3.22. The molecule has 0 unspecified atom stereocenters. The van der Waals surface area contributed by atoms with E-state index in [2.05, 4.69) is 16.7 Å². The van der Waals surface area contributed by atoms with Gasteiger partial charge in [0, 0.05) is 22.2 Å². The van der Waals surface area contributed by atoms with Gasteiger partial charge in [-0.15, -0.1) is 0 Å². The van der Waals surface area contributed by atoms with Crippen molar-refractivity contribution in [2.75, 3.05) is 0 Å². The van der Waals surface area contributed by atoms with E-state index in [4.69, 9.17) is 16.0 Å². The van der Waals surface area contributed by atoms with E-state index in [0.29, 0.717) is 5.58 Å². The fourth-order valence-electron chi connectivity index (χ4n) is 2.89. The third kappa shape index (κ3) is 1.86. The van der Waals surface area contributed by atoms with Crippen LogP contribution in [-0.4, -0.2) is 4.57 Å². The van der Waals surface area contributed by atoms with Crippen molar-refractivity contribution in [1.29, 1.82) is 0 Å². The first kappa shape index (κ1) is 13.2. The van der Waals surface area contributed by atoms with Crippen molar-refractivity contribution in [2.24, 2.45) is 0 Å². The van der Waals surface area contributed by atoms with Gasteiger partial charge in [0.05, 0.1) is 5.52 Å².